The van der Waals surface area contributed by atoms with Gasteiger partial charge in [-0.25, -0.2) is 4.98 Å². The van der Waals surface area contributed by atoms with Gasteiger partial charge in [-0.05, 0) is 31.9 Å². The molecular formula is C20H22N4O2. The molecule has 1 N–H and O–H groups in total. The van der Waals surface area contributed by atoms with Gasteiger partial charge < -0.3 is 9.88 Å². The lowest BCUT2D eigenvalue weighted by molar-refractivity contribution is -0.121. The maximum absolute atomic E-state index is 12.8. The molecule has 2 aromatic heterocycles. The minimum Gasteiger partial charge on any atom is -0.350 e. The molecule has 0 saturated carbocycles. The molecule has 6 nitrogen and oxygen atoms in total. The zero-order valence-corrected chi connectivity index (χ0v) is 15.1. The molecule has 0 fully saturated rings. The number of fused-ring (bicyclic) bond motifs is 2. The Bertz CT molecular complexity index is 1040. The van der Waals surface area contributed by atoms with E-state index in [1.54, 1.807) is 9.13 Å². The van der Waals surface area contributed by atoms with Crippen LogP contribution in [0.3, 0.4) is 0 Å². The van der Waals surface area contributed by atoms with E-state index in [4.69, 9.17) is 0 Å². The largest absolute Gasteiger partial charge is 0.350 e. The van der Waals surface area contributed by atoms with Crippen LogP contribution in [0.25, 0.3) is 11.0 Å². The third-order valence-corrected chi connectivity index (χ3v) is 4.99. The van der Waals surface area contributed by atoms with Crippen LogP contribution in [-0.2, 0) is 30.8 Å². The van der Waals surface area contributed by atoms with Crippen LogP contribution in [0.1, 0.15) is 29.1 Å². The molecule has 0 saturated heterocycles. The Kier molecular flexibility index (Phi) is 4.11. The highest BCUT2D eigenvalue weighted by atomic mass is 16.2. The highest BCUT2D eigenvalue weighted by molar-refractivity contribution is 5.81. The molecule has 0 spiro atoms. The first kappa shape index (κ1) is 16.6. The zero-order valence-electron chi connectivity index (χ0n) is 15.1. The van der Waals surface area contributed by atoms with Gasteiger partial charge in [-0.2, -0.15) is 0 Å². The summed E-state index contributed by atoms with van der Waals surface area (Å²) >= 11 is 0. The maximum Gasteiger partial charge on any atom is 0.278 e. The third-order valence-electron chi connectivity index (χ3n) is 4.99. The van der Waals surface area contributed by atoms with E-state index < -0.39 is 0 Å². The van der Waals surface area contributed by atoms with Crippen LogP contribution in [0.5, 0.6) is 0 Å². The molecule has 1 aliphatic rings. The molecule has 3 aromatic rings. The summed E-state index contributed by atoms with van der Waals surface area (Å²) in [7, 11) is 0. The molecule has 0 atom stereocenters. The molecule has 1 amide bonds. The van der Waals surface area contributed by atoms with Crippen molar-refractivity contribution in [2.75, 3.05) is 0 Å². The van der Waals surface area contributed by atoms with Crippen molar-refractivity contribution in [2.45, 2.75) is 46.3 Å². The highest BCUT2D eigenvalue weighted by Gasteiger charge is 2.20. The molecular weight excluding hydrogens is 328 g/mol. The Balaban J connectivity index is 1.57. The number of aryl methyl sites for hydroxylation is 3. The van der Waals surface area contributed by atoms with Gasteiger partial charge in [0.2, 0.25) is 5.91 Å². The van der Waals surface area contributed by atoms with Gasteiger partial charge in [0, 0.05) is 25.2 Å². The van der Waals surface area contributed by atoms with Crippen molar-refractivity contribution in [3.05, 3.63) is 63.3 Å². The number of carbonyl (C=O) groups is 1. The molecule has 0 radical (unpaired) electrons. The Labute approximate surface area is 151 Å². The van der Waals surface area contributed by atoms with Gasteiger partial charge in [0.05, 0.1) is 5.52 Å². The predicted octanol–water partition coefficient (Wildman–Crippen LogP) is 2.08. The first-order valence-electron chi connectivity index (χ1n) is 8.95. The molecule has 0 unspecified atom stereocenters. The second-order valence-electron chi connectivity index (χ2n) is 6.96. The van der Waals surface area contributed by atoms with Crippen LogP contribution in [0.4, 0.5) is 0 Å². The standard InChI is InChI=1S/C20H22N4O2/c1-13-5-7-15(8-6-13)11-21-18(25)12-24-14(2)10-16-19(24)20(26)23-9-3-4-17(23)22-16/h5-8,10H,3-4,9,11-12H2,1-2H3,(H,21,25). The fraction of sp³-hybridized carbons (Fsp3) is 0.350. The van der Waals surface area contributed by atoms with Gasteiger partial charge in [-0.1, -0.05) is 29.8 Å². The smallest absolute Gasteiger partial charge is 0.278 e. The summed E-state index contributed by atoms with van der Waals surface area (Å²) in [6.07, 6.45) is 1.79. The SMILES string of the molecule is Cc1ccc(CNC(=O)Cn2c(C)cc3nc4n(c(=O)c32)CCC4)cc1. The fourth-order valence-corrected chi connectivity index (χ4v) is 3.54. The molecule has 134 valence electrons. The van der Waals surface area contributed by atoms with E-state index in [-0.39, 0.29) is 18.0 Å². The molecule has 1 aromatic carbocycles. The fourth-order valence-electron chi connectivity index (χ4n) is 3.54. The number of hydrogen-bond acceptors (Lipinski definition) is 3. The number of hydrogen-bond donors (Lipinski definition) is 1. The third kappa shape index (κ3) is 2.92. The highest BCUT2D eigenvalue weighted by Crippen LogP contribution is 2.18. The molecule has 26 heavy (non-hydrogen) atoms. The summed E-state index contributed by atoms with van der Waals surface area (Å²) in [4.78, 5) is 29.9. The average molecular weight is 350 g/mol. The van der Waals surface area contributed by atoms with Crippen molar-refractivity contribution in [3.8, 4) is 0 Å². The monoisotopic (exact) mass is 350 g/mol. The van der Waals surface area contributed by atoms with Crippen molar-refractivity contribution >= 4 is 16.9 Å². The summed E-state index contributed by atoms with van der Waals surface area (Å²) in [5.41, 5.74) is 4.29. The van der Waals surface area contributed by atoms with E-state index in [0.29, 0.717) is 24.1 Å². The summed E-state index contributed by atoms with van der Waals surface area (Å²) in [5, 5.41) is 2.93. The van der Waals surface area contributed by atoms with E-state index in [1.807, 2.05) is 44.2 Å². The number of carbonyl (C=O) groups excluding carboxylic acids is 1. The van der Waals surface area contributed by atoms with E-state index in [1.165, 1.54) is 5.56 Å². The van der Waals surface area contributed by atoms with E-state index >= 15 is 0 Å². The van der Waals surface area contributed by atoms with Gasteiger partial charge in [0.25, 0.3) is 5.56 Å². The Morgan fingerprint density at radius 3 is 2.77 bits per heavy atom. The van der Waals surface area contributed by atoms with Gasteiger partial charge in [-0.15, -0.1) is 0 Å². The Morgan fingerprint density at radius 1 is 1.23 bits per heavy atom. The summed E-state index contributed by atoms with van der Waals surface area (Å²) < 4.78 is 3.52. The van der Waals surface area contributed by atoms with Gasteiger partial charge in [-0.3, -0.25) is 14.2 Å². The van der Waals surface area contributed by atoms with Crippen molar-refractivity contribution in [1.29, 1.82) is 0 Å². The number of benzene rings is 1. The van der Waals surface area contributed by atoms with Crippen LogP contribution in [-0.4, -0.2) is 20.0 Å². The van der Waals surface area contributed by atoms with Crippen LogP contribution >= 0.6 is 0 Å². The zero-order chi connectivity index (χ0) is 18.3. The van der Waals surface area contributed by atoms with Crippen LogP contribution in [0, 0.1) is 13.8 Å². The number of amides is 1. The number of nitrogens with one attached hydrogen (secondary N) is 1. The first-order valence-corrected chi connectivity index (χ1v) is 8.95. The molecule has 4 rings (SSSR count). The lowest BCUT2D eigenvalue weighted by Gasteiger charge is -2.10. The summed E-state index contributed by atoms with van der Waals surface area (Å²) in [6, 6.07) is 9.96. The average Bonchev–Trinajstić information content (AvgIpc) is 3.20. The van der Waals surface area contributed by atoms with Gasteiger partial charge in [0.1, 0.15) is 17.9 Å². The Hall–Kier alpha value is -2.89. The number of nitrogens with zero attached hydrogens (tertiary/aromatic N) is 3. The molecule has 0 bridgehead atoms. The molecule has 6 heteroatoms. The first-order chi connectivity index (χ1) is 12.5. The normalized spacial score (nSPS) is 13.2. The minimum atomic E-state index is -0.115. The van der Waals surface area contributed by atoms with Crippen molar-refractivity contribution in [3.63, 3.8) is 0 Å². The van der Waals surface area contributed by atoms with Crippen molar-refractivity contribution in [1.82, 2.24) is 19.4 Å². The Morgan fingerprint density at radius 2 is 2.00 bits per heavy atom. The molecule has 0 aliphatic carbocycles. The lowest BCUT2D eigenvalue weighted by Crippen LogP contribution is -2.29. The lowest BCUT2D eigenvalue weighted by atomic mass is 10.1. The second-order valence-corrected chi connectivity index (χ2v) is 6.96. The predicted molar refractivity (Wildman–Crippen MR) is 100 cm³/mol. The van der Waals surface area contributed by atoms with Crippen molar-refractivity contribution < 1.29 is 4.79 Å². The minimum absolute atomic E-state index is 0.0399. The summed E-state index contributed by atoms with van der Waals surface area (Å²) in [5.74, 6) is 0.736. The van der Waals surface area contributed by atoms with Gasteiger partial charge in [0.15, 0.2) is 0 Å². The second kappa shape index (κ2) is 6.44. The van der Waals surface area contributed by atoms with Gasteiger partial charge >= 0.3 is 0 Å². The van der Waals surface area contributed by atoms with Crippen molar-refractivity contribution in [2.24, 2.45) is 0 Å². The quantitative estimate of drug-likeness (QED) is 0.783. The molecule has 3 heterocycles. The van der Waals surface area contributed by atoms with Crippen LogP contribution < -0.4 is 10.9 Å². The molecule has 1 aliphatic heterocycles. The van der Waals surface area contributed by atoms with Crippen LogP contribution in [0.15, 0.2) is 35.1 Å². The van der Waals surface area contributed by atoms with E-state index in [2.05, 4.69) is 10.3 Å². The maximum atomic E-state index is 12.8. The number of aromatic nitrogens is 3. The summed E-state index contributed by atoms with van der Waals surface area (Å²) in [6.45, 7) is 5.25. The van der Waals surface area contributed by atoms with E-state index in [9.17, 15) is 9.59 Å². The topological polar surface area (TPSA) is 68.9 Å². The van der Waals surface area contributed by atoms with E-state index in [0.717, 1.165) is 29.9 Å². The van der Waals surface area contributed by atoms with Crippen LogP contribution in [0.2, 0.25) is 0 Å². The number of rotatable bonds is 4.